The maximum atomic E-state index is 12.9. The summed E-state index contributed by atoms with van der Waals surface area (Å²) in [6.45, 7) is 0.171. The maximum absolute atomic E-state index is 12.9. The van der Waals surface area contributed by atoms with Gasteiger partial charge in [0.1, 0.15) is 5.82 Å². The van der Waals surface area contributed by atoms with Crippen LogP contribution < -0.4 is 0 Å². The third-order valence-electron chi connectivity index (χ3n) is 3.13. The first-order chi connectivity index (χ1) is 10.3. The number of sulfonamides is 1. The summed E-state index contributed by atoms with van der Waals surface area (Å²) in [5.74, 6) is -0.535. The van der Waals surface area contributed by atoms with Gasteiger partial charge in [0, 0.05) is 13.6 Å². The summed E-state index contributed by atoms with van der Waals surface area (Å²) in [4.78, 5) is 0. The molecule has 0 N–H and O–H groups in total. The molecule has 0 unspecified atom stereocenters. The van der Waals surface area contributed by atoms with Crippen molar-refractivity contribution in [2.45, 2.75) is 12.3 Å². The second-order valence-corrected chi connectivity index (χ2v) is 7.78. The lowest BCUT2D eigenvalue weighted by atomic mass is 10.2. The van der Waals surface area contributed by atoms with Crippen molar-refractivity contribution in [2.24, 2.45) is 0 Å². The zero-order chi connectivity index (χ0) is 16.3. The quantitative estimate of drug-likeness (QED) is 0.803. The van der Waals surface area contributed by atoms with E-state index in [0.717, 1.165) is 0 Å². The second-order valence-electron chi connectivity index (χ2n) is 4.89. The van der Waals surface area contributed by atoms with E-state index in [1.807, 2.05) is 0 Å². The first-order valence-corrected chi connectivity index (χ1v) is 8.77. The van der Waals surface area contributed by atoms with Crippen LogP contribution in [0.2, 0.25) is 10.0 Å². The van der Waals surface area contributed by atoms with Crippen LogP contribution in [0.25, 0.3) is 0 Å². The average Bonchev–Trinajstić information content (AvgIpc) is 2.45. The Bertz CT molecular complexity index is 764. The summed E-state index contributed by atoms with van der Waals surface area (Å²) >= 11 is 11.7. The minimum absolute atomic E-state index is 0.171. The molecule has 0 saturated heterocycles. The van der Waals surface area contributed by atoms with Crippen molar-refractivity contribution in [3.8, 4) is 0 Å². The molecule has 22 heavy (non-hydrogen) atoms. The molecule has 0 aromatic heterocycles. The molecule has 0 aliphatic carbocycles. The molecular formula is C15H14Cl2FNO2S. The standard InChI is InChI=1S/C15H14Cl2FNO2S/c1-19(9-11-2-5-13(18)6-3-11)22(20,21)10-12-4-7-14(16)15(17)8-12/h2-8H,9-10H2,1H3. The van der Waals surface area contributed by atoms with E-state index in [9.17, 15) is 12.8 Å². The van der Waals surface area contributed by atoms with Gasteiger partial charge < -0.3 is 0 Å². The van der Waals surface area contributed by atoms with Gasteiger partial charge in [0.15, 0.2) is 0 Å². The summed E-state index contributed by atoms with van der Waals surface area (Å²) in [6, 6.07) is 10.4. The van der Waals surface area contributed by atoms with Crippen LogP contribution in [-0.2, 0) is 22.3 Å². The summed E-state index contributed by atoms with van der Waals surface area (Å²) in [7, 11) is -2.03. The van der Waals surface area contributed by atoms with Crippen molar-refractivity contribution >= 4 is 33.2 Å². The van der Waals surface area contributed by atoms with E-state index in [0.29, 0.717) is 21.2 Å². The van der Waals surface area contributed by atoms with E-state index < -0.39 is 10.0 Å². The number of halogens is 3. The fourth-order valence-corrected chi connectivity index (χ4v) is 3.38. The number of hydrogen-bond acceptors (Lipinski definition) is 2. The van der Waals surface area contributed by atoms with Crippen molar-refractivity contribution in [3.05, 3.63) is 69.5 Å². The third kappa shape index (κ3) is 4.43. The lowest BCUT2D eigenvalue weighted by Gasteiger charge is -2.17. The molecule has 118 valence electrons. The predicted molar refractivity (Wildman–Crippen MR) is 87.0 cm³/mol. The highest BCUT2D eigenvalue weighted by molar-refractivity contribution is 7.88. The average molecular weight is 362 g/mol. The van der Waals surface area contributed by atoms with Crippen molar-refractivity contribution in [3.63, 3.8) is 0 Å². The van der Waals surface area contributed by atoms with Gasteiger partial charge in [-0.05, 0) is 35.4 Å². The van der Waals surface area contributed by atoms with E-state index in [1.54, 1.807) is 24.3 Å². The number of rotatable bonds is 5. The van der Waals surface area contributed by atoms with Crippen molar-refractivity contribution in [1.29, 1.82) is 0 Å². The molecule has 0 saturated carbocycles. The summed E-state index contributed by atoms with van der Waals surface area (Å²) in [5, 5.41) is 0.693. The highest BCUT2D eigenvalue weighted by Gasteiger charge is 2.19. The first-order valence-electron chi connectivity index (χ1n) is 6.40. The van der Waals surface area contributed by atoms with Crippen LogP contribution in [0.3, 0.4) is 0 Å². The monoisotopic (exact) mass is 361 g/mol. The van der Waals surface area contributed by atoms with E-state index in [-0.39, 0.29) is 18.1 Å². The van der Waals surface area contributed by atoms with Gasteiger partial charge in [-0.2, -0.15) is 0 Å². The fraction of sp³-hybridized carbons (Fsp3) is 0.200. The van der Waals surface area contributed by atoms with Crippen LogP contribution in [0.1, 0.15) is 11.1 Å². The van der Waals surface area contributed by atoms with Crippen molar-refractivity contribution in [1.82, 2.24) is 4.31 Å². The van der Waals surface area contributed by atoms with Gasteiger partial charge in [-0.25, -0.2) is 17.1 Å². The largest absolute Gasteiger partial charge is 0.218 e. The summed E-state index contributed by atoms with van der Waals surface area (Å²) in [6.07, 6.45) is 0. The molecule has 0 amide bonds. The van der Waals surface area contributed by atoms with Crippen LogP contribution in [0, 0.1) is 5.82 Å². The highest BCUT2D eigenvalue weighted by atomic mass is 35.5. The SMILES string of the molecule is CN(Cc1ccc(F)cc1)S(=O)(=O)Cc1ccc(Cl)c(Cl)c1. The van der Waals surface area contributed by atoms with E-state index in [1.165, 1.54) is 29.6 Å². The predicted octanol–water partition coefficient (Wildman–Crippen LogP) is 4.09. The molecule has 0 spiro atoms. The molecule has 2 rings (SSSR count). The third-order valence-corrected chi connectivity index (χ3v) is 5.64. The lowest BCUT2D eigenvalue weighted by molar-refractivity contribution is 0.465. The Labute approximate surface area is 139 Å². The Morgan fingerprint density at radius 1 is 1.00 bits per heavy atom. The molecule has 3 nitrogen and oxygen atoms in total. The van der Waals surface area contributed by atoms with Crippen molar-refractivity contribution < 1.29 is 12.8 Å². The molecule has 0 bridgehead atoms. The Morgan fingerprint density at radius 3 is 2.18 bits per heavy atom. The lowest BCUT2D eigenvalue weighted by Crippen LogP contribution is -2.27. The van der Waals surface area contributed by atoms with Gasteiger partial charge in [0.2, 0.25) is 10.0 Å². The van der Waals surface area contributed by atoms with Crippen LogP contribution >= 0.6 is 23.2 Å². The first kappa shape index (κ1) is 17.2. The molecule has 0 aliphatic heterocycles. The van der Waals surface area contributed by atoms with E-state index in [2.05, 4.69) is 0 Å². The Hall–Kier alpha value is -1.14. The van der Waals surface area contributed by atoms with Gasteiger partial charge in [0.05, 0.1) is 15.8 Å². The van der Waals surface area contributed by atoms with Crippen molar-refractivity contribution in [2.75, 3.05) is 7.05 Å². The summed E-state index contributed by atoms with van der Waals surface area (Å²) in [5.41, 5.74) is 1.27. The van der Waals surface area contributed by atoms with Crippen LogP contribution in [0.5, 0.6) is 0 Å². The zero-order valence-electron chi connectivity index (χ0n) is 11.8. The fourth-order valence-electron chi connectivity index (χ4n) is 1.90. The molecule has 2 aromatic rings. The number of nitrogens with zero attached hydrogens (tertiary/aromatic N) is 1. The minimum Gasteiger partial charge on any atom is -0.212 e. The molecular weight excluding hydrogens is 348 g/mol. The molecule has 2 aromatic carbocycles. The van der Waals surface area contributed by atoms with Gasteiger partial charge in [-0.1, -0.05) is 41.4 Å². The molecule has 0 aliphatic rings. The topological polar surface area (TPSA) is 37.4 Å². The Morgan fingerprint density at radius 2 is 1.59 bits per heavy atom. The van der Waals surface area contributed by atoms with Gasteiger partial charge in [-0.15, -0.1) is 0 Å². The van der Waals surface area contributed by atoms with Gasteiger partial charge in [0.25, 0.3) is 0 Å². The van der Waals surface area contributed by atoms with Gasteiger partial charge in [-0.3, -0.25) is 0 Å². The molecule has 0 atom stereocenters. The Balaban J connectivity index is 2.11. The van der Waals surface area contributed by atoms with Crippen LogP contribution in [0.4, 0.5) is 4.39 Å². The summed E-state index contributed by atoms with van der Waals surface area (Å²) < 4.78 is 38.8. The number of benzene rings is 2. The zero-order valence-corrected chi connectivity index (χ0v) is 14.1. The normalized spacial score (nSPS) is 11.9. The molecule has 0 radical (unpaired) electrons. The maximum Gasteiger partial charge on any atom is 0.218 e. The molecule has 0 heterocycles. The Kier molecular flexibility index (Phi) is 5.45. The van der Waals surface area contributed by atoms with Crippen LogP contribution in [-0.4, -0.2) is 19.8 Å². The molecule has 7 heteroatoms. The minimum atomic E-state index is -3.51. The second kappa shape index (κ2) is 6.96. The highest BCUT2D eigenvalue weighted by Crippen LogP contribution is 2.24. The smallest absolute Gasteiger partial charge is 0.212 e. The van der Waals surface area contributed by atoms with Gasteiger partial charge >= 0.3 is 0 Å². The van der Waals surface area contributed by atoms with Crippen LogP contribution in [0.15, 0.2) is 42.5 Å². The number of hydrogen-bond donors (Lipinski definition) is 0. The molecule has 0 fully saturated rings. The van der Waals surface area contributed by atoms with E-state index in [4.69, 9.17) is 23.2 Å². The van der Waals surface area contributed by atoms with E-state index >= 15 is 0 Å².